The summed E-state index contributed by atoms with van der Waals surface area (Å²) in [5.41, 5.74) is 2.97. The molecule has 172 valence electrons. The van der Waals surface area contributed by atoms with E-state index >= 15 is 0 Å². The zero-order valence-corrected chi connectivity index (χ0v) is 19.6. The summed E-state index contributed by atoms with van der Waals surface area (Å²) in [5.74, 6) is 0.624. The fourth-order valence-corrected chi connectivity index (χ4v) is 3.50. The van der Waals surface area contributed by atoms with E-state index in [9.17, 15) is 10.1 Å². The summed E-state index contributed by atoms with van der Waals surface area (Å²) < 4.78 is 12.0. The maximum atomic E-state index is 12.7. The highest BCUT2D eigenvalue weighted by Gasteiger charge is 2.15. The number of benzene rings is 3. The number of ether oxygens (including phenoxy) is 2. The van der Waals surface area contributed by atoms with Crippen molar-refractivity contribution in [1.29, 1.82) is 5.26 Å². The normalized spacial score (nSPS) is 10.8. The summed E-state index contributed by atoms with van der Waals surface area (Å²) in [7, 11) is 0. The number of nitrogens with zero attached hydrogens (tertiary/aromatic N) is 1. The first kappa shape index (κ1) is 24.6. The number of carbonyl (C=O) groups is 1. The highest BCUT2D eigenvalue weighted by atomic mass is 35.5. The standard InChI is InChI=1S/C28H25ClN2O3/c1-3-9-22-14-21(15-23(18-30)28(32)31-25-13-8-12-24(29)17-25)16-26(33-4-2)27(22)34-19-20-10-6-5-7-11-20/h3,5-8,10-17H,1,4,9,19H2,2H3,(H,31,32)/b23-15+. The second-order valence-corrected chi connectivity index (χ2v) is 7.78. The smallest absolute Gasteiger partial charge is 0.266 e. The highest BCUT2D eigenvalue weighted by molar-refractivity contribution is 6.31. The molecule has 0 heterocycles. The van der Waals surface area contributed by atoms with Gasteiger partial charge in [0.15, 0.2) is 11.5 Å². The second-order valence-electron chi connectivity index (χ2n) is 7.34. The van der Waals surface area contributed by atoms with E-state index in [1.807, 2.05) is 49.4 Å². The van der Waals surface area contributed by atoms with Gasteiger partial charge >= 0.3 is 0 Å². The van der Waals surface area contributed by atoms with Gasteiger partial charge < -0.3 is 14.8 Å². The van der Waals surface area contributed by atoms with Gasteiger partial charge in [-0.05, 0) is 60.9 Å². The van der Waals surface area contributed by atoms with Crippen molar-refractivity contribution in [1.82, 2.24) is 0 Å². The van der Waals surface area contributed by atoms with Gasteiger partial charge in [0.05, 0.1) is 6.61 Å². The minimum absolute atomic E-state index is 0.0510. The van der Waals surface area contributed by atoms with E-state index in [4.69, 9.17) is 21.1 Å². The van der Waals surface area contributed by atoms with E-state index in [-0.39, 0.29) is 5.57 Å². The molecule has 0 aliphatic carbocycles. The highest BCUT2D eigenvalue weighted by Crippen LogP contribution is 2.35. The van der Waals surface area contributed by atoms with Crippen LogP contribution in [0.1, 0.15) is 23.6 Å². The van der Waals surface area contributed by atoms with E-state index in [1.54, 1.807) is 36.4 Å². The quantitative estimate of drug-likeness (QED) is 0.205. The van der Waals surface area contributed by atoms with Crippen molar-refractivity contribution in [3.8, 4) is 17.6 Å². The van der Waals surface area contributed by atoms with Crippen LogP contribution in [-0.4, -0.2) is 12.5 Å². The summed E-state index contributed by atoms with van der Waals surface area (Å²) >= 11 is 5.98. The Kier molecular flexibility index (Phi) is 8.90. The molecule has 0 aliphatic heterocycles. The monoisotopic (exact) mass is 472 g/mol. The molecular formula is C28H25ClN2O3. The van der Waals surface area contributed by atoms with Crippen LogP contribution in [-0.2, 0) is 17.8 Å². The van der Waals surface area contributed by atoms with Gasteiger partial charge in [-0.25, -0.2) is 0 Å². The molecule has 34 heavy (non-hydrogen) atoms. The van der Waals surface area contributed by atoms with Crippen molar-refractivity contribution >= 4 is 29.3 Å². The number of hydrogen-bond donors (Lipinski definition) is 1. The van der Waals surface area contributed by atoms with Gasteiger partial charge in [0.25, 0.3) is 5.91 Å². The zero-order chi connectivity index (χ0) is 24.3. The summed E-state index contributed by atoms with van der Waals surface area (Å²) in [6.07, 6.45) is 3.82. The Hall–Kier alpha value is -4.01. The largest absolute Gasteiger partial charge is 0.490 e. The van der Waals surface area contributed by atoms with Crippen LogP contribution in [0.25, 0.3) is 6.08 Å². The lowest BCUT2D eigenvalue weighted by molar-refractivity contribution is -0.112. The summed E-state index contributed by atoms with van der Waals surface area (Å²) in [6.45, 7) is 6.54. The molecule has 3 rings (SSSR count). The first-order valence-corrected chi connectivity index (χ1v) is 11.2. The number of hydrogen-bond acceptors (Lipinski definition) is 4. The molecule has 0 aliphatic rings. The van der Waals surface area contributed by atoms with E-state index in [0.29, 0.717) is 47.4 Å². The lowest BCUT2D eigenvalue weighted by atomic mass is 10.0. The number of amides is 1. The Morgan fingerprint density at radius 2 is 1.91 bits per heavy atom. The van der Waals surface area contributed by atoms with Crippen molar-refractivity contribution in [2.24, 2.45) is 0 Å². The van der Waals surface area contributed by atoms with E-state index in [1.165, 1.54) is 6.08 Å². The topological polar surface area (TPSA) is 71.4 Å². The molecule has 0 saturated heterocycles. The molecule has 0 fully saturated rings. The SMILES string of the molecule is C=CCc1cc(/C=C(\C#N)C(=O)Nc2cccc(Cl)c2)cc(OCC)c1OCc1ccccc1. The van der Waals surface area contributed by atoms with Gasteiger partial charge in [0.2, 0.25) is 0 Å². The molecule has 3 aromatic carbocycles. The molecule has 5 nitrogen and oxygen atoms in total. The summed E-state index contributed by atoms with van der Waals surface area (Å²) in [6, 6.07) is 22.2. The number of nitriles is 1. The lowest BCUT2D eigenvalue weighted by Gasteiger charge is -2.17. The van der Waals surface area contributed by atoms with Gasteiger partial charge in [-0.3, -0.25) is 4.79 Å². The Bertz CT molecular complexity index is 1230. The molecule has 0 atom stereocenters. The first-order chi connectivity index (χ1) is 16.5. The molecule has 0 aromatic heterocycles. The van der Waals surface area contributed by atoms with Gasteiger partial charge in [-0.15, -0.1) is 6.58 Å². The molecule has 0 radical (unpaired) electrons. The first-order valence-electron chi connectivity index (χ1n) is 10.8. The average Bonchev–Trinajstić information content (AvgIpc) is 2.83. The van der Waals surface area contributed by atoms with Crippen LogP contribution in [0.5, 0.6) is 11.5 Å². The number of rotatable bonds is 10. The lowest BCUT2D eigenvalue weighted by Crippen LogP contribution is -2.13. The van der Waals surface area contributed by atoms with Gasteiger partial charge in [0.1, 0.15) is 18.2 Å². The van der Waals surface area contributed by atoms with Crippen LogP contribution < -0.4 is 14.8 Å². The molecule has 6 heteroatoms. The maximum absolute atomic E-state index is 12.7. The van der Waals surface area contributed by atoms with Crippen LogP contribution in [0.3, 0.4) is 0 Å². The van der Waals surface area contributed by atoms with Crippen LogP contribution in [0, 0.1) is 11.3 Å². The molecule has 0 unspecified atom stereocenters. The van der Waals surface area contributed by atoms with Crippen LogP contribution in [0.15, 0.2) is 85.0 Å². The van der Waals surface area contributed by atoms with Crippen LogP contribution in [0.2, 0.25) is 5.02 Å². The van der Waals surface area contributed by atoms with Crippen molar-refractivity contribution in [2.45, 2.75) is 20.0 Å². The number of anilines is 1. The number of carbonyl (C=O) groups excluding carboxylic acids is 1. The van der Waals surface area contributed by atoms with E-state index < -0.39 is 5.91 Å². The maximum Gasteiger partial charge on any atom is 0.266 e. The predicted molar refractivity (Wildman–Crippen MR) is 136 cm³/mol. The molecular weight excluding hydrogens is 448 g/mol. The number of halogens is 1. The third-order valence-corrected chi connectivity index (χ3v) is 5.04. The molecule has 0 bridgehead atoms. The Balaban J connectivity index is 1.93. The number of allylic oxidation sites excluding steroid dienone is 1. The third-order valence-electron chi connectivity index (χ3n) is 4.80. The predicted octanol–water partition coefficient (Wildman–Crippen LogP) is 6.59. The zero-order valence-electron chi connectivity index (χ0n) is 18.9. The Morgan fingerprint density at radius 3 is 2.59 bits per heavy atom. The van der Waals surface area contributed by atoms with Crippen molar-refractivity contribution in [3.63, 3.8) is 0 Å². The molecule has 1 N–H and O–H groups in total. The fraction of sp³-hybridized carbons (Fsp3) is 0.143. The fourth-order valence-electron chi connectivity index (χ4n) is 3.31. The second kappa shape index (κ2) is 12.3. The van der Waals surface area contributed by atoms with E-state index in [0.717, 1.165) is 11.1 Å². The molecule has 0 saturated carbocycles. The van der Waals surface area contributed by atoms with Crippen LogP contribution in [0.4, 0.5) is 5.69 Å². The van der Waals surface area contributed by atoms with Gasteiger partial charge in [0, 0.05) is 16.3 Å². The third kappa shape index (κ3) is 6.74. The van der Waals surface area contributed by atoms with Crippen molar-refractivity contribution in [2.75, 3.05) is 11.9 Å². The molecule has 0 spiro atoms. The average molecular weight is 473 g/mol. The van der Waals surface area contributed by atoms with Gasteiger partial charge in [-0.1, -0.05) is 54.1 Å². The van der Waals surface area contributed by atoms with E-state index in [2.05, 4.69) is 11.9 Å². The summed E-state index contributed by atoms with van der Waals surface area (Å²) in [5, 5.41) is 12.8. The minimum atomic E-state index is -0.530. The minimum Gasteiger partial charge on any atom is -0.490 e. The van der Waals surface area contributed by atoms with Gasteiger partial charge in [-0.2, -0.15) is 5.26 Å². The molecule has 1 amide bonds. The van der Waals surface area contributed by atoms with Crippen molar-refractivity contribution < 1.29 is 14.3 Å². The van der Waals surface area contributed by atoms with Crippen molar-refractivity contribution in [3.05, 3.63) is 107 Å². The Labute approximate surface area is 204 Å². The summed E-state index contributed by atoms with van der Waals surface area (Å²) in [4.78, 5) is 12.7. The molecule has 3 aromatic rings. The van der Waals surface area contributed by atoms with Crippen LogP contribution >= 0.6 is 11.6 Å². The number of nitrogens with one attached hydrogen (secondary N) is 1. The Morgan fingerprint density at radius 1 is 1.12 bits per heavy atom.